The van der Waals surface area contributed by atoms with Crippen LogP contribution in [0.3, 0.4) is 0 Å². The van der Waals surface area contributed by atoms with Crippen LogP contribution in [0.4, 0.5) is 5.69 Å². The van der Waals surface area contributed by atoms with Crippen LogP contribution >= 0.6 is 12.2 Å². The summed E-state index contributed by atoms with van der Waals surface area (Å²) in [6.07, 6.45) is 1.76. The number of nitrogens with zero attached hydrogens (tertiary/aromatic N) is 2. The number of benzene rings is 1. The SMILES string of the molecule is C[NH+]1CCN(c2ccccc2/C=N/NC(N)=S)CC1. The molecule has 1 heterocycles. The van der Waals surface area contributed by atoms with E-state index in [-0.39, 0.29) is 5.11 Å². The van der Waals surface area contributed by atoms with Gasteiger partial charge in [0.05, 0.1) is 39.4 Å². The smallest absolute Gasteiger partial charge is 0.184 e. The zero-order valence-corrected chi connectivity index (χ0v) is 11.9. The number of para-hydroxylation sites is 1. The standard InChI is InChI=1S/C13H19N5S/c1-17-6-8-18(9-7-17)12-5-3-2-4-11(12)10-15-16-13(14)19/h2-5,10H,6-9H2,1H3,(H3,14,16,19)/p+1/b15-10+. The normalized spacial score (nSPS) is 16.8. The van der Waals surface area contributed by atoms with Gasteiger partial charge in [0, 0.05) is 11.3 Å². The second kappa shape index (κ2) is 6.49. The summed E-state index contributed by atoms with van der Waals surface area (Å²) in [4.78, 5) is 3.98. The fourth-order valence-electron chi connectivity index (χ4n) is 2.18. The summed E-state index contributed by atoms with van der Waals surface area (Å²) >= 11 is 4.72. The predicted octanol–water partition coefficient (Wildman–Crippen LogP) is -0.812. The van der Waals surface area contributed by atoms with Gasteiger partial charge in [-0.05, 0) is 18.3 Å². The van der Waals surface area contributed by atoms with Crippen LogP contribution in [-0.2, 0) is 0 Å². The Labute approximate surface area is 119 Å². The fourth-order valence-corrected chi connectivity index (χ4v) is 2.23. The lowest BCUT2D eigenvalue weighted by Gasteiger charge is -2.32. The van der Waals surface area contributed by atoms with Gasteiger partial charge in [0.15, 0.2) is 5.11 Å². The Balaban J connectivity index is 2.12. The maximum Gasteiger partial charge on any atom is 0.184 e. The maximum absolute atomic E-state index is 5.35. The minimum Gasteiger partial charge on any atom is -0.375 e. The van der Waals surface area contributed by atoms with E-state index in [9.17, 15) is 0 Å². The van der Waals surface area contributed by atoms with E-state index in [4.69, 9.17) is 18.0 Å². The zero-order valence-electron chi connectivity index (χ0n) is 11.1. The highest BCUT2D eigenvalue weighted by Gasteiger charge is 2.18. The topological polar surface area (TPSA) is 58.1 Å². The molecular formula is C13H20N5S+. The molecule has 2 rings (SSSR count). The molecule has 1 saturated heterocycles. The number of anilines is 1. The van der Waals surface area contributed by atoms with Crippen molar-refractivity contribution in [1.82, 2.24) is 5.43 Å². The summed E-state index contributed by atoms with van der Waals surface area (Å²) in [5.74, 6) is 0. The Hall–Kier alpha value is -1.66. The summed E-state index contributed by atoms with van der Waals surface area (Å²) < 4.78 is 0. The van der Waals surface area contributed by atoms with Gasteiger partial charge in [-0.25, -0.2) is 0 Å². The van der Waals surface area contributed by atoms with Gasteiger partial charge in [0.1, 0.15) is 0 Å². The highest BCUT2D eigenvalue weighted by molar-refractivity contribution is 7.80. The van der Waals surface area contributed by atoms with Crippen LogP contribution in [0.1, 0.15) is 5.56 Å². The van der Waals surface area contributed by atoms with Crippen LogP contribution in [0.2, 0.25) is 0 Å². The monoisotopic (exact) mass is 278 g/mol. The van der Waals surface area contributed by atoms with Crippen LogP contribution < -0.4 is 21.0 Å². The van der Waals surface area contributed by atoms with Crippen molar-refractivity contribution in [3.8, 4) is 0 Å². The number of rotatable bonds is 3. The molecule has 4 N–H and O–H groups in total. The average molecular weight is 278 g/mol. The molecule has 0 atom stereocenters. The molecule has 0 radical (unpaired) electrons. The largest absolute Gasteiger partial charge is 0.375 e. The maximum atomic E-state index is 5.35. The molecule has 19 heavy (non-hydrogen) atoms. The minimum atomic E-state index is 0.178. The lowest BCUT2D eigenvalue weighted by Crippen LogP contribution is -3.12. The third kappa shape index (κ3) is 3.90. The molecule has 0 amide bonds. The van der Waals surface area contributed by atoms with Gasteiger partial charge >= 0.3 is 0 Å². The Morgan fingerprint density at radius 2 is 2.11 bits per heavy atom. The quantitative estimate of drug-likeness (QED) is 0.384. The van der Waals surface area contributed by atoms with Gasteiger partial charge < -0.3 is 15.5 Å². The molecule has 0 bridgehead atoms. The summed E-state index contributed by atoms with van der Waals surface area (Å²) in [5, 5.41) is 4.22. The summed E-state index contributed by atoms with van der Waals surface area (Å²) in [6.45, 7) is 4.46. The van der Waals surface area contributed by atoms with Crippen molar-refractivity contribution in [2.45, 2.75) is 0 Å². The van der Waals surface area contributed by atoms with Crippen LogP contribution in [0, 0.1) is 0 Å². The third-order valence-corrected chi connectivity index (χ3v) is 3.36. The Morgan fingerprint density at radius 1 is 1.42 bits per heavy atom. The van der Waals surface area contributed by atoms with Gasteiger partial charge in [-0.1, -0.05) is 18.2 Å². The number of hydrogen-bond donors (Lipinski definition) is 3. The number of nitrogens with one attached hydrogen (secondary N) is 2. The summed E-state index contributed by atoms with van der Waals surface area (Å²) in [5.41, 5.74) is 10.2. The van der Waals surface area contributed by atoms with Crippen molar-refractivity contribution in [3.05, 3.63) is 29.8 Å². The third-order valence-electron chi connectivity index (χ3n) is 3.27. The molecule has 1 aliphatic rings. The van der Waals surface area contributed by atoms with Crippen molar-refractivity contribution in [2.75, 3.05) is 38.1 Å². The van der Waals surface area contributed by atoms with E-state index in [0.717, 1.165) is 31.7 Å². The van der Waals surface area contributed by atoms with E-state index >= 15 is 0 Å². The second-order valence-corrected chi connectivity index (χ2v) is 5.18. The molecule has 0 saturated carbocycles. The van der Waals surface area contributed by atoms with E-state index in [1.807, 2.05) is 12.1 Å². The lowest BCUT2D eigenvalue weighted by atomic mass is 10.1. The first-order valence-corrected chi connectivity index (χ1v) is 6.81. The highest BCUT2D eigenvalue weighted by Crippen LogP contribution is 2.18. The van der Waals surface area contributed by atoms with Gasteiger partial charge in [-0.3, -0.25) is 5.43 Å². The van der Waals surface area contributed by atoms with Crippen molar-refractivity contribution in [1.29, 1.82) is 0 Å². The number of quaternary nitrogens is 1. The second-order valence-electron chi connectivity index (χ2n) is 4.74. The molecule has 0 aliphatic carbocycles. The van der Waals surface area contributed by atoms with Crippen molar-refractivity contribution in [2.24, 2.45) is 10.8 Å². The predicted molar refractivity (Wildman–Crippen MR) is 82.8 cm³/mol. The van der Waals surface area contributed by atoms with Gasteiger partial charge in [-0.2, -0.15) is 5.10 Å². The van der Waals surface area contributed by atoms with Crippen molar-refractivity contribution >= 4 is 29.2 Å². The summed E-state index contributed by atoms with van der Waals surface area (Å²) in [7, 11) is 2.23. The van der Waals surface area contributed by atoms with Crippen LogP contribution in [-0.4, -0.2) is 44.6 Å². The first kappa shape index (κ1) is 13.8. The number of hydrazone groups is 1. The Morgan fingerprint density at radius 3 is 2.79 bits per heavy atom. The molecule has 5 nitrogen and oxygen atoms in total. The van der Waals surface area contributed by atoms with E-state index in [1.165, 1.54) is 5.69 Å². The van der Waals surface area contributed by atoms with E-state index < -0.39 is 0 Å². The molecule has 1 aromatic carbocycles. The van der Waals surface area contributed by atoms with Crippen molar-refractivity contribution in [3.63, 3.8) is 0 Å². The van der Waals surface area contributed by atoms with Gasteiger partial charge in [-0.15, -0.1) is 0 Å². The molecular weight excluding hydrogens is 258 g/mol. The average Bonchev–Trinajstić information content (AvgIpc) is 2.40. The van der Waals surface area contributed by atoms with Crippen LogP contribution in [0.5, 0.6) is 0 Å². The molecule has 1 aliphatic heterocycles. The van der Waals surface area contributed by atoms with E-state index in [1.54, 1.807) is 11.1 Å². The molecule has 1 aromatic rings. The van der Waals surface area contributed by atoms with Gasteiger partial charge in [0.2, 0.25) is 0 Å². The molecule has 102 valence electrons. The molecule has 0 unspecified atom stereocenters. The van der Waals surface area contributed by atoms with E-state index in [0.29, 0.717) is 0 Å². The number of hydrogen-bond acceptors (Lipinski definition) is 3. The molecule has 0 aromatic heterocycles. The molecule has 0 spiro atoms. The van der Waals surface area contributed by atoms with E-state index in [2.05, 4.69) is 34.6 Å². The number of likely N-dealkylation sites (N-methyl/N-ethyl adjacent to an activating group) is 1. The van der Waals surface area contributed by atoms with Crippen LogP contribution in [0.25, 0.3) is 0 Å². The first-order valence-electron chi connectivity index (χ1n) is 6.40. The zero-order chi connectivity index (χ0) is 13.7. The summed E-state index contributed by atoms with van der Waals surface area (Å²) in [6, 6.07) is 8.24. The van der Waals surface area contributed by atoms with Gasteiger partial charge in [0.25, 0.3) is 0 Å². The molecule has 6 heteroatoms. The molecule has 1 fully saturated rings. The number of nitrogens with two attached hydrogens (primary N) is 1. The number of thiocarbonyl (C=S) groups is 1. The Kier molecular flexibility index (Phi) is 4.70. The van der Waals surface area contributed by atoms with Crippen LogP contribution in [0.15, 0.2) is 29.4 Å². The highest BCUT2D eigenvalue weighted by atomic mass is 32.1. The van der Waals surface area contributed by atoms with Crippen molar-refractivity contribution < 1.29 is 4.90 Å². The minimum absolute atomic E-state index is 0.178. The first-order chi connectivity index (χ1) is 9.16. The lowest BCUT2D eigenvalue weighted by molar-refractivity contribution is -0.880. The number of piperazine rings is 1. The Bertz CT molecular complexity index is 466. The fraction of sp³-hybridized carbons (Fsp3) is 0.385.